The Kier molecular flexibility index (Phi) is 4.45. The molecule has 5 nitrogen and oxygen atoms in total. The molecule has 1 aliphatic carbocycles. The van der Waals surface area contributed by atoms with Crippen LogP contribution in [-0.2, 0) is 0 Å². The molecule has 0 spiro atoms. The first kappa shape index (κ1) is 15.5. The summed E-state index contributed by atoms with van der Waals surface area (Å²) in [5.41, 5.74) is 2.09. The predicted molar refractivity (Wildman–Crippen MR) is 94.9 cm³/mol. The van der Waals surface area contributed by atoms with E-state index in [1.54, 1.807) is 6.33 Å². The summed E-state index contributed by atoms with van der Waals surface area (Å²) < 4.78 is 0. The van der Waals surface area contributed by atoms with E-state index >= 15 is 0 Å². The van der Waals surface area contributed by atoms with Crippen LogP contribution >= 0.6 is 0 Å². The van der Waals surface area contributed by atoms with Gasteiger partial charge in [0.15, 0.2) is 0 Å². The van der Waals surface area contributed by atoms with Gasteiger partial charge in [0, 0.05) is 43.9 Å². The van der Waals surface area contributed by atoms with Crippen molar-refractivity contribution in [2.24, 2.45) is 0 Å². The van der Waals surface area contributed by atoms with Crippen molar-refractivity contribution in [2.75, 3.05) is 31.1 Å². The molecule has 1 saturated heterocycles. The fraction of sp³-hybridized carbons (Fsp3) is 0.474. The highest BCUT2D eigenvalue weighted by molar-refractivity contribution is 5.62. The van der Waals surface area contributed by atoms with Crippen LogP contribution in [0.1, 0.15) is 19.3 Å². The maximum absolute atomic E-state index is 10.1. The van der Waals surface area contributed by atoms with Crippen molar-refractivity contribution < 1.29 is 5.11 Å². The molecule has 2 fully saturated rings. The molecule has 1 saturated carbocycles. The normalized spacial score (nSPS) is 25.1. The van der Waals surface area contributed by atoms with Crippen molar-refractivity contribution in [3.05, 3.63) is 42.7 Å². The zero-order chi connectivity index (χ0) is 16.4. The van der Waals surface area contributed by atoms with Gasteiger partial charge in [-0.2, -0.15) is 0 Å². The summed E-state index contributed by atoms with van der Waals surface area (Å²) in [7, 11) is 0. The van der Waals surface area contributed by atoms with Gasteiger partial charge in [0.1, 0.15) is 12.1 Å². The molecule has 2 aromatic rings. The molecule has 2 unspecified atom stereocenters. The number of anilines is 1. The molecule has 2 atom stereocenters. The first-order valence-corrected chi connectivity index (χ1v) is 8.86. The van der Waals surface area contributed by atoms with E-state index in [2.05, 4.69) is 38.0 Å². The van der Waals surface area contributed by atoms with E-state index in [0.29, 0.717) is 6.04 Å². The Balaban J connectivity index is 1.44. The molecular weight excluding hydrogens is 300 g/mol. The zero-order valence-corrected chi connectivity index (χ0v) is 13.9. The third-order valence-electron chi connectivity index (χ3n) is 5.27. The molecule has 1 aliphatic heterocycles. The van der Waals surface area contributed by atoms with Gasteiger partial charge in [-0.25, -0.2) is 9.97 Å². The number of rotatable bonds is 3. The van der Waals surface area contributed by atoms with Gasteiger partial charge >= 0.3 is 0 Å². The van der Waals surface area contributed by atoms with E-state index in [1.807, 2.05) is 18.2 Å². The van der Waals surface area contributed by atoms with E-state index < -0.39 is 0 Å². The average molecular weight is 324 g/mol. The first-order chi connectivity index (χ1) is 11.8. The summed E-state index contributed by atoms with van der Waals surface area (Å²) >= 11 is 0. The number of piperazine rings is 1. The van der Waals surface area contributed by atoms with E-state index in [1.165, 1.54) is 0 Å². The van der Waals surface area contributed by atoms with E-state index in [4.69, 9.17) is 0 Å². The van der Waals surface area contributed by atoms with Crippen LogP contribution in [0, 0.1) is 0 Å². The van der Waals surface area contributed by atoms with Crippen LogP contribution in [-0.4, -0.2) is 58.3 Å². The van der Waals surface area contributed by atoms with Gasteiger partial charge in [-0.05, 0) is 19.3 Å². The van der Waals surface area contributed by atoms with Crippen molar-refractivity contribution in [2.45, 2.75) is 31.4 Å². The minimum Gasteiger partial charge on any atom is -0.391 e. The Morgan fingerprint density at radius 2 is 1.75 bits per heavy atom. The molecule has 1 aromatic carbocycles. The van der Waals surface area contributed by atoms with Crippen molar-refractivity contribution in [3.8, 4) is 11.3 Å². The highest BCUT2D eigenvalue weighted by Gasteiger charge is 2.32. The van der Waals surface area contributed by atoms with Gasteiger partial charge in [-0.1, -0.05) is 30.3 Å². The van der Waals surface area contributed by atoms with Crippen LogP contribution in [0.25, 0.3) is 11.3 Å². The topological polar surface area (TPSA) is 52.5 Å². The van der Waals surface area contributed by atoms with Crippen LogP contribution in [0.15, 0.2) is 42.7 Å². The number of hydrogen-bond donors (Lipinski definition) is 1. The van der Waals surface area contributed by atoms with E-state index in [-0.39, 0.29) is 6.10 Å². The lowest BCUT2D eigenvalue weighted by Crippen LogP contribution is -2.52. The molecule has 24 heavy (non-hydrogen) atoms. The number of hydrogen-bond acceptors (Lipinski definition) is 5. The molecule has 2 heterocycles. The van der Waals surface area contributed by atoms with Crippen molar-refractivity contribution in [1.82, 2.24) is 14.9 Å². The number of aliphatic hydroxyl groups excluding tert-OH is 1. The van der Waals surface area contributed by atoms with Crippen LogP contribution in [0.4, 0.5) is 5.82 Å². The Bertz CT molecular complexity index is 670. The predicted octanol–water partition coefficient (Wildman–Crippen LogP) is 2.18. The molecule has 1 N–H and O–H groups in total. The van der Waals surface area contributed by atoms with Crippen LogP contribution in [0.2, 0.25) is 0 Å². The summed E-state index contributed by atoms with van der Waals surface area (Å²) in [4.78, 5) is 13.7. The molecule has 4 rings (SSSR count). The second-order valence-electron chi connectivity index (χ2n) is 6.72. The molecule has 126 valence electrons. The quantitative estimate of drug-likeness (QED) is 0.938. The molecule has 0 amide bonds. The number of aromatic nitrogens is 2. The summed E-state index contributed by atoms with van der Waals surface area (Å²) in [5, 5.41) is 10.1. The third-order valence-corrected chi connectivity index (χ3v) is 5.27. The van der Waals surface area contributed by atoms with Crippen molar-refractivity contribution in [1.29, 1.82) is 0 Å². The second-order valence-corrected chi connectivity index (χ2v) is 6.72. The number of aliphatic hydroxyl groups is 1. The van der Waals surface area contributed by atoms with Gasteiger partial charge < -0.3 is 10.0 Å². The SMILES string of the molecule is OC1CCCC1N1CCN(c2cc(-c3ccccc3)ncn2)CC1. The largest absolute Gasteiger partial charge is 0.391 e. The number of benzene rings is 1. The molecule has 0 bridgehead atoms. The fourth-order valence-electron chi connectivity index (χ4n) is 3.92. The molecular formula is C19H24N4O. The third kappa shape index (κ3) is 3.14. The summed E-state index contributed by atoms with van der Waals surface area (Å²) in [6, 6.07) is 12.7. The van der Waals surface area contributed by atoms with Crippen LogP contribution in [0.5, 0.6) is 0 Å². The lowest BCUT2D eigenvalue weighted by atomic mass is 10.1. The maximum Gasteiger partial charge on any atom is 0.132 e. The highest BCUT2D eigenvalue weighted by Crippen LogP contribution is 2.26. The Labute approximate surface area is 143 Å². The van der Waals surface area contributed by atoms with Crippen molar-refractivity contribution >= 4 is 5.82 Å². The van der Waals surface area contributed by atoms with Gasteiger partial charge in [0.05, 0.1) is 11.8 Å². The smallest absolute Gasteiger partial charge is 0.132 e. The lowest BCUT2D eigenvalue weighted by Gasteiger charge is -2.39. The first-order valence-electron chi connectivity index (χ1n) is 8.86. The van der Waals surface area contributed by atoms with Crippen LogP contribution in [0.3, 0.4) is 0 Å². The van der Waals surface area contributed by atoms with Gasteiger partial charge in [0.2, 0.25) is 0 Å². The number of nitrogens with zero attached hydrogens (tertiary/aromatic N) is 4. The zero-order valence-electron chi connectivity index (χ0n) is 13.9. The van der Waals surface area contributed by atoms with Crippen LogP contribution < -0.4 is 4.90 Å². The monoisotopic (exact) mass is 324 g/mol. The van der Waals surface area contributed by atoms with E-state index in [0.717, 1.165) is 62.5 Å². The highest BCUT2D eigenvalue weighted by atomic mass is 16.3. The fourth-order valence-corrected chi connectivity index (χ4v) is 3.92. The second kappa shape index (κ2) is 6.87. The van der Waals surface area contributed by atoms with Gasteiger partial charge in [-0.15, -0.1) is 0 Å². The lowest BCUT2D eigenvalue weighted by molar-refractivity contribution is 0.0671. The Morgan fingerprint density at radius 3 is 2.46 bits per heavy atom. The maximum atomic E-state index is 10.1. The summed E-state index contributed by atoms with van der Waals surface area (Å²) in [5.74, 6) is 0.996. The molecule has 0 radical (unpaired) electrons. The molecule has 5 heteroatoms. The van der Waals surface area contributed by atoms with Gasteiger partial charge in [0.25, 0.3) is 0 Å². The Hall–Kier alpha value is -1.98. The van der Waals surface area contributed by atoms with E-state index in [9.17, 15) is 5.11 Å². The van der Waals surface area contributed by atoms with Gasteiger partial charge in [-0.3, -0.25) is 4.90 Å². The molecule has 1 aromatic heterocycles. The molecule has 2 aliphatic rings. The standard InChI is InChI=1S/C19H24N4O/c24-18-8-4-7-17(18)22-9-11-23(12-10-22)19-13-16(20-14-21-19)15-5-2-1-3-6-15/h1-3,5-6,13-14,17-18,24H,4,7-12H2. The summed E-state index contributed by atoms with van der Waals surface area (Å²) in [6.07, 6.45) is 4.76. The summed E-state index contributed by atoms with van der Waals surface area (Å²) in [6.45, 7) is 3.89. The minimum absolute atomic E-state index is 0.139. The minimum atomic E-state index is -0.139. The Morgan fingerprint density at radius 1 is 0.958 bits per heavy atom. The van der Waals surface area contributed by atoms with Crippen molar-refractivity contribution in [3.63, 3.8) is 0 Å². The average Bonchev–Trinajstić information content (AvgIpc) is 3.09.